The number of rotatable bonds is 4. The van der Waals surface area contributed by atoms with E-state index in [4.69, 9.17) is 0 Å². The number of para-hydroxylation sites is 4. The van der Waals surface area contributed by atoms with E-state index in [0.29, 0.717) is 11.1 Å². The van der Waals surface area contributed by atoms with Crippen molar-refractivity contribution in [1.82, 2.24) is 0 Å². The van der Waals surface area contributed by atoms with Crippen LogP contribution in [0.4, 0.5) is 34.1 Å². The summed E-state index contributed by atoms with van der Waals surface area (Å²) >= 11 is 0. The second-order valence-corrected chi connectivity index (χ2v) is 15.2. The van der Waals surface area contributed by atoms with E-state index in [1.165, 1.54) is 22.3 Å². The SMILES string of the molecule is CC1(C)c2ccccc2N(c2ccc(-c3ccc(-c4ccc(N5c6ccccc6C(C)(C)c6ccccc65)cc4)c(C#N)c3C#N)cc2)c2ccccc21. The van der Waals surface area contributed by atoms with Gasteiger partial charge in [0.1, 0.15) is 12.1 Å². The lowest BCUT2D eigenvalue weighted by Gasteiger charge is -2.42. The van der Waals surface area contributed by atoms with Crippen molar-refractivity contribution in [2.24, 2.45) is 0 Å². The lowest BCUT2D eigenvalue weighted by atomic mass is 9.73. The third-order valence-corrected chi connectivity index (χ3v) is 11.6. The molecule has 2 aliphatic heterocycles. The van der Waals surface area contributed by atoms with Gasteiger partial charge < -0.3 is 9.80 Å². The van der Waals surface area contributed by atoms with Crippen molar-refractivity contribution in [2.75, 3.05) is 9.80 Å². The Labute approximate surface area is 317 Å². The van der Waals surface area contributed by atoms with Crippen LogP contribution < -0.4 is 9.80 Å². The average molecular weight is 695 g/mol. The van der Waals surface area contributed by atoms with Gasteiger partial charge in [0.05, 0.1) is 33.9 Å². The Morgan fingerprint density at radius 1 is 0.370 bits per heavy atom. The molecule has 0 saturated heterocycles. The zero-order valence-corrected chi connectivity index (χ0v) is 30.8. The summed E-state index contributed by atoms with van der Waals surface area (Å²) in [6, 6.07) is 59.8. The van der Waals surface area contributed by atoms with Gasteiger partial charge in [-0.1, -0.05) is 137 Å². The van der Waals surface area contributed by atoms with E-state index in [1.807, 2.05) is 12.1 Å². The average Bonchev–Trinajstić information content (AvgIpc) is 3.21. The van der Waals surface area contributed by atoms with Gasteiger partial charge in [-0.25, -0.2) is 0 Å². The third kappa shape index (κ3) is 4.88. The molecule has 0 aromatic heterocycles. The molecule has 4 heteroatoms. The first kappa shape index (κ1) is 33.0. The van der Waals surface area contributed by atoms with E-state index in [2.05, 4.69) is 195 Å². The number of hydrogen-bond donors (Lipinski definition) is 0. The van der Waals surface area contributed by atoms with Crippen molar-refractivity contribution >= 4 is 34.1 Å². The van der Waals surface area contributed by atoms with Crippen LogP contribution in [0.3, 0.4) is 0 Å². The molecule has 9 rings (SSSR count). The number of nitrogens with zero attached hydrogens (tertiary/aromatic N) is 4. The first-order chi connectivity index (χ1) is 26.2. The molecule has 0 fully saturated rings. The topological polar surface area (TPSA) is 54.1 Å². The first-order valence-corrected chi connectivity index (χ1v) is 18.4. The fraction of sp³-hybridized carbons (Fsp3) is 0.120. The van der Waals surface area contributed by atoms with Gasteiger partial charge in [-0.2, -0.15) is 10.5 Å². The van der Waals surface area contributed by atoms with E-state index in [-0.39, 0.29) is 10.8 Å². The highest BCUT2D eigenvalue weighted by Crippen LogP contribution is 2.53. The van der Waals surface area contributed by atoms with Crippen LogP contribution in [-0.2, 0) is 10.8 Å². The van der Waals surface area contributed by atoms with E-state index >= 15 is 0 Å². The van der Waals surface area contributed by atoms with Crippen molar-refractivity contribution in [3.8, 4) is 34.4 Å². The molecule has 7 aromatic rings. The molecule has 2 heterocycles. The molecule has 0 spiro atoms. The molecule has 258 valence electrons. The highest BCUT2D eigenvalue weighted by Gasteiger charge is 2.37. The fourth-order valence-corrected chi connectivity index (χ4v) is 8.79. The lowest BCUT2D eigenvalue weighted by Crippen LogP contribution is -2.30. The maximum Gasteiger partial charge on any atom is 0.101 e. The normalized spacial score (nSPS) is 14.5. The smallest absolute Gasteiger partial charge is 0.101 e. The van der Waals surface area contributed by atoms with E-state index < -0.39 is 0 Å². The van der Waals surface area contributed by atoms with Crippen LogP contribution in [0.2, 0.25) is 0 Å². The summed E-state index contributed by atoms with van der Waals surface area (Å²) in [6.07, 6.45) is 0. The van der Waals surface area contributed by atoms with Crippen molar-refractivity contribution in [3.63, 3.8) is 0 Å². The van der Waals surface area contributed by atoms with Gasteiger partial charge in [0.25, 0.3) is 0 Å². The molecule has 4 nitrogen and oxygen atoms in total. The van der Waals surface area contributed by atoms with Gasteiger partial charge in [0.2, 0.25) is 0 Å². The van der Waals surface area contributed by atoms with E-state index in [0.717, 1.165) is 56.4 Å². The molecule has 0 unspecified atom stereocenters. The molecule has 0 saturated carbocycles. The zero-order chi connectivity index (χ0) is 37.2. The highest BCUT2D eigenvalue weighted by atomic mass is 15.2. The summed E-state index contributed by atoms with van der Waals surface area (Å²) in [7, 11) is 0. The number of anilines is 6. The zero-order valence-electron chi connectivity index (χ0n) is 30.8. The Balaban J connectivity index is 1.07. The Morgan fingerprint density at radius 3 is 0.926 bits per heavy atom. The van der Waals surface area contributed by atoms with Crippen LogP contribution >= 0.6 is 0 Å². The maximum absolute atomic E-state index is 10.5. The van der Waals surface area contributed by atoms with Gasteiger partial charge in [-0.15, -0.1) is 0 Å². The van der Waals surface area contributed by atoms with Crippen molar-refractivity contribution in [3.05, 3.63) is 191 Å². The van der Waals surface area contributed by atoms with E-state index in [1.54, 1.807) is 0 Å². The fourth-order valence-electron chi connectivity index (χ4n) is 8.79. The molecule has 0 amide bonds. The molecule has 0 N–H and O–H groups in total. The molecular weight excluding hydrogens is 657 g/mol. The molecule has 54 heavy (non-hydrogen) atoms. The first-order valence-electron chi connectivity index (χ1n) is 18.4. The van der Waals surface area contributed by atoms with Crippen LogP contribution in [0, 0.1) is 22.7 Å². The summed E-state index contributed by atoms with van der Waals surface area (Å²) in [5, 5.41) is 21.0. The minimum absolute atomic E-state index is 0.136. The summed E-state index contributed by atoms with van der Waals surface area (Å²) in [6.45, 7) is 9.14. The molecule has 2 aliphatic rings. The van der Waals surface area contributed by atoms with Crippen LogP contribution in [-0.4, -0.2) is 0 Å². The van der Waals surface area contributed by atoms with Gasteiger partial charge >= 0.3 is 0 Å². The number of benzene rings is 7. The van der Waals surface area contributed by atoms with E-state index in [9.17, 15) is 10.5 Å². The van der Waals surface area contributed by atoms with Gasteiger partial charge in [-0.3, -0.25) is 0 Å². The predicted octanol–water partition coefficient (Wildman–Crippen LogP) is 13.0. The second kappa shape index (κ2) is 12.4. The van der Waals surface area contributed by atoms with Gasteiger partial charge in [-0.05, 0) is 81.9 Å². The second-order valence-electron chi connectivity index (χ2n) is 15.2. The van der Waals surface area contributed by atoms with Gasteiger partial charge in [0.15, 0.2) is 0 Å². The van der Waals surface area contributed by atoms with Gasteiger partial charge in [0, 0.05) is 33.3 Å². The Kier molecular flexibility index (Phi) is 7.56. The monoisotopic (exact) mass is 694 g/mol. The predicted molar refractivity (Wildman–Crippen MR) is 220 cm³/mol. The number of fused-ring (bicyclic) bond motifs is 4. The van der Waals surface area contributed by atoms with Crippen LogP contribution in [0.25, 0.3) is 22.3 Å². The molecule has 0 atom stereocenters. The third-order valence-electron chi connectivity index (χ3n) is 11.6. The summed E-state index contributed by atoms with van der Waals surface area (Å²) < 4.78 is 0. The molecular formula is C50H38N4. The largest absolute Gasteiger partial charge is 0.310 e. The standard InChI is InChI=1S/C50H38N4/c1-49(2)41-13-5-9-17-45(41)53(46-18-10-6-14-42(46)49)35-25-21-33(22-26-35)37-29-30-38(40(32-52)39(37)31-51)34-23-27-36(28-24-34)54-47-19-11-7-15-43(47)50(3,4)44-16-8-12-20-48(44)54/h5-30H,1-4H3. The summed E-state index contributed by atoms with van der Waals surface area (Å²) in [4.78, 5) is 4.64. The summed E-state index contributed by atoms with van der Waals surface area (Å²) in [5.74, 6) is 0. The minimum atomic E-state index is -0.136. The quantitative estimate of drug-likeness (QED) is 0.184. The van der Waals surface area contributed by atoms with Crippen molar-refractivity contribution in [1.29, 1.82) is 10.5 Å². The highest BCUT2D eigenvalue weighted by molar-refractivity contribution is 5.89. The van der Waals surface area contributed by atoms with Crippen molar-refractivity contribution in [2.45, 2.75) is 38.5 Å². The number of nitriles is 2. The Bertz CT molecular complexity index is 2400. The lowest BCUT2D eigenvalue weighted by molar-refractivity contribution is 0.632. The molecule has 0 bridgehead atoms. The Hall–Kier alpha value is -6.88. The maximum atomic E-state index is 10.5. The van der Waals surface area contributed by atoms with Crippen molar-refractivity contribution < 1.29 is 0 Å². The number of hydrogen-bond acceptors (Lipinski definition) is 4. The van der Waals surface area contributed by atoms with Crippen LogP contribution in [0.15, 0.2) is 158 Å². The van der Waals surface area contributed by atoms with Crippen LogP contribution in [0.1, 0.15) is 61.1 Å². The Morgan fingerprint density at radius 2 is 0.648 bits per heavy atom. The molecule has 7 aromatic carbocycles. The minimum Gasteiger partial charge on any atom is -0.310 e. The summed E-state index contributed by atoms with van der Waals surface area (Å²) in [5.41, 5.74) is 15.5. The molecule has 0 radical (unpaired) electrons. The van der Waals surface area contributed by atoms with Crippen LogP contribution in [0.5, 0.6) is 0 Å². The molecule has 0 aliphatic carbocycles.